The average molecular weight is 263 g/mol. The second-order valence-electron chi connectivity index (χ2n) is 5.22. The van der Waals surface area contributed by atoms with Gasteiger partial charge in [-0.05, 0) is 36.6 Å². The molecule has 100 valence electrons. The maximum Gasteiger partial charge on any atom is 0.227 e. The number of aryl methyl sites for hydroxylation is 2. The highest BCUT2D eigenvalue weighted by Gasteiger charge is 2.14. The summed E-state index contributed by atoms with van der Waals surface area (Å²) < 4.78 is 1.73. The molecule has 20 heavy (non-hydrogen) atoms. The maximum atomic E-state index is 11.8. The van der Waals surface area contributed by atoms with E-state index >= 15 is 0 Å². The first-order valence-electron chi connectivity index (χ1n) is 6.77. The van der Waals surface area contributed by atoms with Crippen LogP contribution in [0, 0.1) is 13.8 Å². The molecule has 0 atom stereocenters. The fraction of sp³-hybridized carbons (Fsp3) is 0.167. The van der Waals surface area contributed by atoms with E-state index in [1.54, 1.807) is 11.5 Å². The highest BCUT2D eigenvalue weighted by Crippen LogP contribution is 2.34. The van der Waals surface area contributed by atoms with Crippen LogP contribution in [0.1, 0.15) is 22.8 Å². The van der Waals surface area contributed by atoms with Crippen molar-refractivity contribution in [2.45, 2.75) is 20.8 Å². The lowest BCUT2D eigenvalue weighted by Crippen LogP contribution is -2.02. The number of fused-ring (bicyclic) bond motifs is 1. The molecule has 0 aliphatic carbocycles. The molecule has 3 rings (SSSR count). The molecule has 0 unspecified atom stereocenters. The van der Waals surface area contributed by atoms with Gasteiger partial charge in [0, 0.05) is 24.1 Å². The minimum Gasteiger partial charge on any atom is -0.287 e. The van der Waals surface area contributed by atoms with E-state index in [2.05, 4.69) is 38.1 Å². The van der Waals surface area contributed by atoms with Gasteiger partial charge < -0.3 is 0 Å². The number of rotatable bonds is 1. The minimum absolute atomic E-state index is 0.0405. The van der Waals surface area contributed by atoms with Gasteiger partial charge in [0.2, 0.25) is 5.91 Å². The monoisotopic (exact) mass is 263 g/mol. The Morgan fingerprint density at radius 2 is 1.60 bits per heavy atom. The summed E-state index contributed by atoms with van der Waals surface area (Å²) in [5, 5.41) is 1.13. The van der Waals surface area contributed by atoms with Crippen LogP contribution in [0.4, 0.5) is 0 Å². The van der Waals surface area contributed by atoms with Crippen LogP contribution in [-0.4, -0.2) is 10.5 Å². The molecule has 0 saturated carbocycles. The Kier molecular flexibility index (Phi) is 2.94. The van der Waals surface area contributed by atoms with Gasteiger partial charge in [0.05, 0.1) is 5.52 Å². The number of para-hydroxylation sites is 1. The molecule has 0 saturated heterocycles. The molecule has 1 heterocycles. The zero-order valence-electron chi connectivity index (χ0n) is 12.0. The van der Waals surface area contributed by atoms with Crippen molar-refractivity contribution in [1.29, 1.82) is 0 Å². The summed E-state index contributed by atoms with van der Waals surface area (Å²) in [6.45, 7) is 5.82. The van der Waals surface area contributed by atoms with Crippen LogP contribution < -0.4 is 0 Å². The van der Waals surface area contributed by atoms with Crippen molar-refractivity contribution in [3.63, 3.8) is 0 Å². The van der Waals surface area contributed by atoms with Crippen molar-refractivity contribution in [2.24, 2.45) is 0 Å². The zero-order valence-corrected chi connectivity index (χ0v) is 12.0. The third-order valence-corrected chi connectivity index (χ3v) is 3.80. The molecule has 3 aromatic rings. The van der Waals surface area contributed by atoms with E-state index in [9.17, 15) is 4.79 Å². The van der Waals surface area contributed by atoms with Crippen LogP contribution in [0.2, 0.25) is 0 Å². The summed E-state index contributed by atoms with van der Waals surface area (Å²) in [4.78, 5) is 11.8. The van der Waals surface area contributed by atoms with Gasteiger partial charge in [0.15, 0.2) is 0 Å². The summed E-state index contributed by atoms with van der Waals surface area (Å²) in [6.07, 6.45) is 1.96. The van der Waals surface area contributed by atoms with Gasteiger partial charge >= 0.3 is 0 Å². The van der Waals surface area contributed by atoms with Gasteiger partial charge in [-0.3, -0.25) is 9.36 Å². The highest BCUT2D eigenvalue weighted by atomic mass is 16.1. The molecular formula is C18H17NO. The van der Waals surface area contributed by atoms with Crippen LogP contribution in [0.25, 0.3) is 22.0 Å². The quantitative estimate of drug-likeness (QED) is 0.629. The number of nitrogens with zero attached hydrogens (tertiary/aromatic N) is 1. The topological polar surface area (TPSA) is 22.0 Å². The zero-order chi connectivity index (χ0) is 14.3. The van der Waals surface area contributed by atoms with Crippen LogP contribution in [0.5, 0.6) is 0 Å². The molecule has 2 aromatic carbocycles. The van der Waals surface area contributed by atoms with Crippen LogP contribution in [0.15, 0.2) is 48.7 Å². The Morgan fingerprint density at radius 1 is 0.950 bits per heavy atom. The molecule has 0 aliphatic rings. The number of carbonyl (C=O) groups is 1. The van der Waals surface area contributed by atoms with E-state index in [1.165, 1.54) is 16.7 Å². The van der Waals surface area contributed by atoms with Crippen LogP contribution in [0.3, 0.4) is 0 Å². The van der Waals surface area contributed by atoms with Crippen molar-refractivity contribution < 1.29 is 4.79 Å². The SMILES string of the molecule is CC(=O)n1cc(-c2c(C)cccc2C)c2ccccc21. The van der Waals surface area contributed by atoms with Crippen molar-refractivity contribution in [1.82, 2.24) is 4.57 Å². The molecule has 2 heteroatoms. The van der Waals surface area contributed by atoms with Crippen molar-refractivity contribution in [3.8, 4) is 11.1 Å². The Labute approximate surface area is 118 Å². The minimum atomic E-state index is 0.0405. The van der Waals surface area contributed by atoms with Gasteiger partial charge in [-0.2, -0.15) is 0 Å². The van der Waals surface area contributed by atoms with Gasteiger partial charge in [-0.25, -0.2) is 0 Å². The third-order valence-electron chi connectivity index (χ3n) is 3.80. The van der Waals surface area contributed by atoms with E-state index < -0.39 is 0 Å². The Balaban J connectivity index is 2.41. The molecule has 0 N–H and O–H groups in total. The first-order chi connectivity index (χ1) is 9.59. The van der Waals surface area contributed by atoms with Crippen molar-refractivity contribution >= 4 is 16.8 Å². The molecule has 1 aromatic heterocycles. The second-order valence-corrected chi connectivity index (χ2v) is 5.22. The highest BCUT2D eigenvalue weighted by molar-refractivity contribution is 6.02. The lowest BCUT2D eigenvalue weighted by Gasteiger charge is -2.08. The lowest BCUT2D eigenvalue weighted by atomic mass is 9.95. The van der Waals surface area contributed by atoms with Crippen LogP contribution in [-0.2, 0) is 0 Å². The van der Waals surface area contributed by atoms with E-state index in [0.717, 1.165) is 16.5 Å². The summed E-state index contributed by atoms with van der Waals surface area (Å²) >= 11 is 0. The average Bonchev–Trinajstić information content (AvgIpc) is 2.79. The number of hydrogen-bond acceptors (Lipinski definition) is 1. The van der Waals surface area contributed by atoms with E-state index in [-0.39, 0.29) is 5.91 Å². The number of aromatic nitrogens is 1. The second kappa shape index (κ2) is 4.64. The van der Waals surface area contributed by atoms with Gasteiger partial charge in [0.1, 0.15) is 0 Å². The van der Waals surface area contributed by atoms with E-state index in [1.807, 2.05) is 24.4 Å². The van der Waals surface area contributed by atoms with E-state index in [0.29, 0.717) is 0 Å². The Morgan fingerprint density at radius 3 is 2.25 bits per heavy atom. The largest absolute Gasteiger partial charge is 0.287 e. The summed E-state index contributed by atoms with van der Waals surface area (Å²) in [6, 6.07) is 14.4. The van der Waals surface area contributed by atoms with E-state index in [4.69, 9.17) is 0 Å². The molecule has 0 fully saturated rings. The first-order valence-corrected chi connectivity index (χ1v) is 6.77. The molecule has 2 nitrogen and oxygen atoms in total. The van der Waals surface area contributed by atoms with Crippen LogP contribution >= 0.6 is 0 Å². The maximum absolute atomic E-state index is 11.8. The Bertz CT molecular complexity index is 791. The summed E-state index contributed by atoms with van der Waals surface area (Å²) in [7, 11) is 0. The third kappa shape index (κ3) is 1.85. The Hall–Kier alpha value is -2.35. The van der Waals surface area contributed by atoms with Crippen molar-refractivity contribution in [2.75, 3.05) is 0 Å². The predicted octanol–water partition coefficient (Wildman–Crippen LogP) is 4.59. The molecular weight excluding hydrogens is 246 g/mol. The molecule has 0 aliphatic heterocycles. The molecule has 0 radical (unpaired) electrons. The fourth-order valence-corrected chi connectivity index (χ4v) is 2.88. The smallest absolute Gasteiger partial charge is 0.227 e. The van der Waals surface area contributed by atoms with Crippen molar-refractivity contribution in [3.05, 3.63) is 59.8 Å². The number of benzene rings is 2. The fourth-order valence-electron chi connectivity index (χ4n) is 2.88. The molecule has 0 bridgehead atoms. The number of hydrogen-bond donors (Lipinski definition) is 0. The summed E-state index contributed by atoms with van der Waals surface area (Å²) in [5.74, 6) is 0.0405. The van der Waals surface area contributed by atoms with Gasteiger partial charge in [-0.15, -0.1) is 0 Å². The predicted molar refractivity (Wildman–Crippen MR) is 83.1 cm³/mol. The summed E-state index contributed by atoms with van der Waals surface area (Å²) in [5.41, 5.74) is 5.79. The standard InChI is InChI=1S/C18H17NO/c1-12-7-6-8-13(2)18(12)16-11-19(14(3)20)17-10-5-4-9-15(16)17/h4-11H,1-3H3. The van der Waals surface area contributed by atoms with Gasteiger partial charge in [0.25, 0.3) is 0 Å². The first kappa shape index (κ1) is 12.7. The normalized spacial score (nSPS) is 10.9. The lowest BCUT2D eigenvalue weighted by molar-refractivity contribution is 0.0942. The molecule has 0 spiro atoms. The molecule has 0 amide bonds. The number of carbonyl (C=O) groups excluding carboxylic acids is 1. The van der Waals surface area contributed by atoms with Gasteiger partial charge in [-0.1, -0.05) is 36.4 Å².